The van der Waals surface area contributed by atoms with Crippen LogP contribution in [0.2, 0.25) is 0 Å². The average molecular weight is 448 g/mol. The van der Waals surface area contributed by atoms with Crippen molar-refractivity contribution in [2.24, 2.45) is 0 Å². The smallest absolute Gasteiger partial charge is 0.407 e. The first-order valence-electron chi connectivity index (χ1n) is 9.73. The first-order chi connectivity index (χ1) is 14.2. The predicted molar refractivity (Wildman–Crippen MR) is 121 cm³/mol. The summed E-state index contributed by atoms with van der Waals surface area (Å²) in [6.07, 6.45) is 4.47. The molecule has 0 fully saturated rings. The number of hydrogen-bond acceptors (Lipinski definition) is 2. The third kappa shape index (κ3) is 4.60. The molecule has 0 atom stereocenters. The first kappa shape index (κ1) is 19.5. The van der Waals surface area contributed by atoms with Gasteiger partial charge < -0.3 is 10.1 Å². The van der Waals surface area contributed by atoms with Crippen LogP contribution >= 0.6 is 15.9 Å². The van der Waals surface area contributed by atoms with Crippen LogP contribution in [0.3, 0.4) is 0 Å². The van der Waals surface area contributed by atoms with Gasteiger partial charge >= 0.3 is 6.09 Å². The zero-order valence-corrected chi connectivity index (χ0v) is 17.6. The Balaban J connectivity index is 1.28. The number of hydrogen-bond donors (Lipinski definition) is 1. The monoisotopic (exact) mass is 447 g/mol. The van der Waals surface area contributed by atoms with Gasteiger partial charge in [0.25, 0.3) is 0 Å². The second kappa shape index (κ2) is 9.10. The lowest BCUT2D eigenvalue weighted by molar-refractivity contribution is 0.143. The van der Waals surface area contributed by atoms with E-state index < -0.39 is 0 Å². The first-order valence-corrected chi connectivity index (χ1v) is 10.5. The van der Waals surface area contributed by atoms with Gasteiger partial charge in [0.2, 0.25) is 0 Å². The van der Waals surface area contributed by atoms with Gasteiger partial charge in [-0.2, -0.15) is 0 Å². The molecule has 0 spiro atoms. The van der Waals surface area contributed by atoms with Crippen molar-refractivity contribution < 1.29 is 9.53 Å². The molecule has 0 saturated carbocycles. The van der Waals surface area contributed by atoms with Crippen LogP contribution in [-0.2, 0) is 4.74 Å². The molecular weight excluding hydrogens is 426 g/mol. The molecule has 0 unspecified atom stereocenters. The van der Waals surface area contributed by atoms with Crippen LogP contribution < -0.4 is 5.32 Å². The zero-order valence-electron chi connectivity index (χ0n) is 16.0. The zero-order chi connectivity index (χ0) is 20.1. The molecule has 3 aromatic carbocycles. The topological polar surface area (TPSA) is 38.3 Å². The van der Waals surface area contributed by atoms with E-state index in [1.165, 1.54) is 22.3 Å². The minimum Gasteiger partial charge on any atom is -0.449 e. The Morgan fingerprint density at radius 2 is 1.66 bits per heavy atom. The Kier molecular flexibility index (Phi) is 6.11. The maximum atomic E-state index is 12.1. The standard InChI is InChI=1S/C25H22BrNO2/c26-19-10-7-9-18(16-19)8-5-6-15-27-25(28)29-17-24-22-13-3-1-11-20(22)21-12-2-4-14-23(21)24/h1-5,7-14,16,24H,6,15,17H2,(H,27,28). The molecule has 4 rings (SSSR count). The van der Waals surface area contributed by atoms with E-state index >= 15 is 0 Å². The van der Waals surface area contributed by atoms with E-state index in [0.29, 0.717) is 13.2 Å². The maximum absolute atomic E-state index is 12.1. The molecule has 0 aromatic heterocycles. The Labute approximate surface area is 179 Å². The summed E-state index contributed by atoms with van der Waals surface area (Å²) in [5, 5.41) is 2.83. The lowest BCUT2D eigenvalue weighted by Gasteiger charge is -2.14. The molecule has 0 radical (unpaired) electrons. The Hall–Kier alpha value is -2.85. The number of carbonyl (C=O) groups is 1. The van der Waals surface area contributed by atoms with Crippen molar-refractivity contribution in [1.82, 2.24) is 5.32 Å². The fourth-order valence-corrected chi connectivity index (χ4v) is 4.15. The van der Waals surface area contributed by atoms with Gasteiger partial charge in [0.15, 0.2) is 0 Å². The maximum Gasteiger partial charge on any atom is 0.407 e. The van der Waals surface area contributed by atoms with E-state index in [4.69, 9.17) is 4.74 Å². The van der Waals surface area contributed by atoms with E-state index in [2.05, 4.69) is 51.6 Å². The quantitative estimate of drug-likeness (QED) is 0.444. The highest BCUT2D eigenvalue weighted by atomic mass is 79.9. The summed E-state index contributed by atoms with van der Waals surface area (Å²) in [5.41, 5.74) is 6.03. The van der Waals surface area contributed by atoms with Crippen molar-refractivity contribution in [2.45, 2.75) is 12.3 Å². The second-order valence-electron chi connectivity index (χ2n) is 7.00. The third-order valence-corrected chi connectivity index (χ3v) is 5.58. The van der Waals surface area contributed by atoms with Gasteiger partial charge in [-0.25, -0.2) is 4.79 Å². The van der Waals surface area contributed by atoms with Crippen molar-refractivity contribution in [1.29, 1.82) is 0 Å². The molecule has 0 saturated heterocycles. The summed E-state index contributed by atoms with van der Waals surface area (Å²) in [6.45, 7) is 0.884. The van der Waals surface area contributed by atoms with Gasteiger partial charge in [-0.05, 0) is 46.4 Å². The van der Waals surface area contributed by atoms with Crippen LogP contribution in [-0.4, -0.2) is 19.2 Å². The fraction of sp³-hybridized carbons (Fsp3) is 0.160. The summed E-state index contributed by atoms with van der Waals surface area (Å²) in [7, 11) is 0. The summed E-state index contributed by atoms with van der Waals surface area (Å²) in [4.78, 5) is 12.1. The average Bonchev–Trinajstić information content (AvgIpc) is 3.06. The Morgan fingerprint density at radius 1 is 0.966 bits per heavy atom. The minimum atomic E-state index is -0.372. The normalized spacial score (nSPS) is 12.6. The van der Waals surface area contributed by atoms with Gasteiger partial charge in [-0.3, -0.25) is 0 Å². The van der Waals surface area contributed by atoms with Gasteiger partial charge in [0.05, 0.1) is 0 Å². The fourth-order valence-electron chi connectivity index (χ4n) is 3.74. The Morgan fingerprint density at radius 3 is 2.34 bits per heavy atom. The number of benzene rings is 3. The molecule has 146 valence electrons. The van der Waals surface area contributed by atoms with E-state index in [-0.39, 0.29) is 12.0 Å². The molecule has 0 aliphatic heterocycles. The highest BCUT2D eigenvalue weighted by Gasteiger charge is 2.28. The number of rotatable bonds is 6. The molecule has 4 heteroatoms. The van der Waals surface area contributed by atoms with Gasteiger partial charge in [0, 0.05) is 16.9 Å². The molecule has 1 N–H and O–H groups in total. The van der Waals surface area contributed by atoms with E-state index in [1.807, 2.05) is 54.6 Å². The molecule has 1 amide bonds. The number of ether oxygens (including phenoxy) is 1. The molecule has 3 aromatic rings. The van der Waals surface area contributed by atoms with E-state index in [1.54, 1.807) is 0 Å². The van der Waals surface area contributed by atoms with Gasteiger partial charge in [-0.1, -0.05) is 88.7 Å². The third-order valence-electron chi connectivity index (χ3n) is 5.08. The predicted octanol–water partition coefficient (Wildman–Crippen LogP) is 6.39. The molecule has 29 heavy (non-hydrogen) atoms. The number of alkyl carbamates (subject to hydrolysis) is 1. The van der Waals surface area contributed by atoms with Crippen LogP contribution in [0.1, 0.15) is 29.0 Å². The van der Waals surface area contributed by atoms with Crippen molar-refractivity contribution in [3.8, 4) is 11.1 Å². The largest absolute Gasteiger partial charge is 0.449 e. The molecule has 1 aliphatic carbocycles. The number of halogens is 1. The number of carbonyl (C=O) groups excluding carboxylic acids is 1. The van der Waals surface area contributed by atoms with Crippen molar-refractivity contribution in [3.05, 3.63) is 100 Å². The summed E-state index contributed by atoms with van der Waals surface area (Å²) in [6, 6.07) is 24.8. The van der Waals surface area contributed by atoms with E-state index in [9.17, 15) is 4.79 Å². The summed E-state index contributed by atoms with van der Waals surface area (Å²) >= 11 is 3.46. The second-order valence-corrected chi connectivity index (χ2v) is 7.91. The lowest BCUT2D eigenvalue weighted by Crippen LogP contribution is -2.26. The SMILES string of the molecule is O=C(NCCC=Cc1cccc(Br)c1)OCC1c2ccccc2-c2ccccc21. The molecule has 0 heterocycles. The van der Waals surface area contributed by atoms with Crippen LogP contribution in [0, 0.1) is 0 Å². The number of nitrogens with one attached hydrogen (secondary N) is 1. The van der Waals surface area contributed by atoms with Crippen molar-refractivity contribution in [2.75, 3.05) is 13.2 Å². The lowest BCUT2D eigenvalue weighted by atomic mass is 9.98. The molecular formula is C25H22BrNO2. The van der Waals surface area contributed by atoms with Gasteiger partial charge in [0.1, 0.15) is 6.61 Å². The van der Waals surface area contributed by atoms with Crippen LogP contribution in [0.15, 0.2) is 83.3 Å². The summed E-state index contributed by atoms with van der Waals surface area (Å²) in [5.74, 6) is 0.0876. The molecule has 0 bridgehead atoms. The van der Waals surface area contributed by atoms with Crippen molar-refractivity contribution >= 4 is 28.1 Å². The van der Waals surface area contributed by atoms with Crippen molar-refractivity contribution in [3.63, 3.8) is 0 Å². The van der Waals surface area contributed by atoms with Crippen LogP contribution in [0.5, 0.6) is 0 Å². The Bertz CT molecular complexity index is 999. The van der Waals surface area contributed by atoms with Gasteiger partial charge in [-0.15, -0.1) is 0 Å². The highest BCUT2D eigenvalue weighted by molar-refractivity contribution is 9.10. The molecule has 1 aliphatic rings. The summed E-state index contributed by atoms with van der Waals surface area (Å²) < 4.78 is 6.59. The highest BCUT2D eigenvalue weighted by Crippen LogP contribution is 2.44. The van der Waals surface area contributed by atoms with Crippen LogP contribution in [0.4, 0.5) is 4.79 Å². The number of fused-ring (bicyclic) bond motifs is 3. The van der Waals surface area contributed by atoms with Crippen LogP contribution in [0.25, 0.3) is 17.2 Å². The molecule has 3 nitrogen and oxygen atoms in total. The minimum absolute atomic E-state index is 0.0876. The number of amides is 1. The van der Waals surface area contributed by atoms with E-state index in [0.717, 1.165) is 16.5 Å².